The third-order valence-electron chi connectivity index (χ3n) is 3.81. The smallest absolute Gasteiger partial charge is 0.160 e. The predicted octanol–water partition coefficient (Wildman–Crippen LogP) is 3.49. The Morgan fingerprint density at radius 2 is 2.22 bits per heavy atom. The van der Waals surface area contributed by atoms with Gasteiger partial charge in [0.05, 0.1) is 0 Å². The lowest BCUT2D eigenvalue weighted by Crippen LogP contribution is -2.05. The van der Waals surface area contributed by atoms with E-state index >= 15 is 0 Å². The van der Waals surface area contributed by atoms with E-state index in [-0.39, 0.29) is 0 Å². The summed E-state index contributed by atoms with van der Waals surface area (Å²) < 4.78 is 2.33. The molecule has 1 aliphatic rings. The molecule has 18 heavy (non-hydrogen) atoms. The highest BCUT2D eigenvalue weighted by atomic mass is 35.5. The molecule has 2 aromatic heterocycles. The molecule has 0 spiro atoms. The molecule has 0 saturated heterocycles. The van der Waals surface area contributed by atoms with E-state index in [0.29, 0.717) is 11.9 Å². The molecule has 0 aliphatic heterocycles. The van der Waals surface area contributed by atoms with Crippen molar-refractivity contribution in [3.8, 4) is 0 Å². The molecule has 2 heterocycles. The van der Waals surface area contributed by atoms with Gasteiger partial charge < -0.3 is 4.57 Å². The molecule has 1 fully saturated rings. The zero-order valence-electron chi connectivity index (χ0n) is 10.9. The van der Waals surface area contributed by atoms with Gasteiger partial charge in [0, 0.05) is 24.0 Å². The number of rotatable bonds is 4. The Balaban J connectivity index is 2.12. The number of aromatic nitrogens is 3. The maximum atomic E-state index is 5.89. The van der Waals surface area contributed by atoms with Crippen LogP contribution < -0.4 is 0 Å². The number of halogens is 1. The number of hydrogen-bond acceptors (Lipinski definition) is 2. The van der Waals surface area contributed by atoms with Crippen LogP contribution in [0.4, 0.5) is 0 Å². The highest BCUT2D eigenvalue weighted by Crippen LogP contribution is 2.47. The van der Waals surface area contributed by atoms with E-state index in [1.165, 1.54) is 12.8 Å². The maximum Gasteiger partial charge on any atom is 0.160 e. The van der Waals surface area contributed by atoms with Gasteiger partial charge in [0.15, 0.2) is 5.65 Å². The van der Waals surface area contributed by atoms with E-state index in [4.69, 9.17) is 11.6 Å². The molecule has 0 aromatic carbocycles. The Bertz CT molecular complexity index is 576. The van der Waals surface area contributed by atoms with Crippen molar-refractivity contribution in [3.63, 3.8) is 0 Å². The first-order chi connectivity index (χ1) is 8.74. The van der Waals surface area contributed by atoms with Crippen molar-refractivity contribution in [3.05, 3.63) is 23.7 Å². The standard InChI is InChI=1S/C14H18ClN3/c1-3-10-8-12(10)18-13(6-7-15)17-11-5-4-9(2)16-14(11)18/h4-5,10,12H,3,6-8H2,1-2H3. The first kappa shape index (κ1) is 12.0. The van der Waals surface area contributed by atoms with Crippen molar-refractivity contribution in [1.82, 2.24) is 14.5 Å². The molecule has 3 nitrogen and oxygen atoms in total. The minimum Gasteiger partial charge on any atom is -0.309 e. The van der Waals surface area contributed by atoms with Crippen molar-refractivity contribution in [2.24, 2.45) is 5.92 Å². The highest BCUT2D eigenvalue weighted by molar-refractivity contribution is 6.17. The van der Waals surface area contributed by atoms with E-state index in [0.717, 1.165) is 35.0 Å². The number of hydrogen-bond donors (Lipinski definition) is 0. The van der Waals surface area contributed by atoms with Crippen LogP contribution in [0.3, 0.4) is 0 Å². The second-order valence-electron chi connectivity index (χ2n) is 5.10. The van der Waals surface area contributed by atoms with Crippen molar-refractivity contribution >= 4 is 22.8 Å². The molecule has 2 atom stereocenters. The van der Waals surface area contributed by atoms with Gasteiger partial charge in [-0.1, -0.05) is 13.3 Å². The number of nitrogens with zero attached hydrogens (tertiary/aromatic N) is 3. The van der Waals surface area contributed by atoms with Crippen LogP contribution >= 0.6 is 11.6 Å². The normalized spacial score (nSPS) is 22.6. The van der Waals surface area contributed by atoms with Gasteiger partial charge >= 0.3 is 0 Å². The second-order valence-corrected chi connectivity index (χ2v) is 5.48. The van der Waals surface area contributed by atoms with E-state index in [9.17, 15) is 0 Å². The van der Waals surface area contributed by atoms with Crippen LogP contribution in [0.25, 0.3) is 11.2 Å². The fourth-order valence-corrected chi connectivity index (χ4v) is 2.88. The maximum absolute atomic E-state index is 5.89. The number of fused-ring (bicyclic) bond motifs is 1. The molecular weight excluding hydrogens is 246 g/mol. The lowest BCUT2D eigenvalue weighted by atomic mass is 10.3. The Morgan fingerprint density at radius 1 is 1.39 bits per heavy atom. The van der Waals surface area contributed by atoms with Crippen LogP contribution in [0.15, 0.2) is 12.1 Å². The van der Waals surface area contributed by atoms with Crippen LogP contribution in [-0.4, -0.2) is 20.4 Å². The van der Waals surface area contributed by atoms with E-state index in [2.05, 4.69) is 27.5 Å². The van der Waals surface area contributed by atoms with Gasteiger partial charge in [-0.3, -0.25) is 0 Å². The van der Waals surface area contributed by atoms with Gasteiger partial charge in [-0.15, -0.1) is 11.6 Å². The van der Waals surface area contributed by atoms with Gasteiger partial charge in [-0.25, -0.2) is 9.97 Å². The van der Waals surface area contributed by atoms with Crippen molar-refractivity contribution in [1.29, 1.82) is 0 Å². The molecule has 4 heteroatoms. The first-order valence-corrected chi connectivity index (χ1v) is 7.18. The molecule has 1 saturated carbocycles. The number of aryl methyl sites for hydroxylation is 2. The summed E-state index contributed by atoms with van der Waals surface area (Å²) in [6.07, 6.45) is 3.31. The Hall–Kier alpha value is -1.09. The summed E-state index contributed by atoms with van der Waals surface area (Å²) in [5.74, 6) is 2.50. The average Bonchev–Trinajstić information content (AvgIpc) is 3.05. The number of imidazole rings is 1. The van der Waals surface area contributed by atoms with Crippen LogP contribution in [0.2, 0.25) is 0 Å². The Morgan fingerprint density at radius 3 is 2.89 bits per heavy atom. The Kier molecular flexibility index (Phi) is 3.02. The van der Waals surface area contributed by atoms with E-state index in [1.54, 1.807) is 0 Å². The summed E-state index contributed by atoms with van der Waals surface area (Å²) in [7, 11) is 0. The van der Waals surface area contributed by atoms with Crippen LogP contribution in [0.1, 0.15) is 37.3 Å². The molecule has 0 amide bonds. The third-order valence-corrected chi connectivity index (χ3v) is 4.00. The average molecular weight is 264 g/mol. The Labute approximate surface area is 112 Å². The van der Waals surface area contributed by atoms with Gasteiger partial charge in [-0.05, 0) is 31.4 Å². The zero-order chi connectivity index (χ0) is 12.7. The monoisotopic (exact) mass is 263 g/mol. The molecule has 0 N–H and O–H groups in total. The molecule has 2 aromatic rings. The molecule has 0 radical (unpaired) electrons. The fourth-order valence-electron chi connectivity index (χ4n) is 2.71. The van der Waals surface area contributed by atoms with Gasteiger partial charge in [0.25, 0.3) is 0 Å². The van der Waals surface area contributed by atoms with Crippen LogP contribution in [0.5, 0.6) is 0 Å². The minimum atomic E-state index is 0.590. The molecule has 2 unspecified atom stereocenters. The third kappa shape index (κ3) is 1.91. The fraction of sp³-hybridized carbons (Fsp3) is 0.571. The number of alkyl halides is 1. The molecule has 0 bridgehead atoms. The predicted molar refractivity (Wildman–Crippen MR) is 74.1 cm³/mol. The van der Waals surface area contributed by atoms with Crippen LogP contribution in [0, 0.1) is 12.8 Å². The minimum absolute atomic E-state index is 0.590. The summed E-state index contributed by atoms with van der Waals surface area (Å²) in [6, 6.07) is 4.68. The highest BCUT2D eigenvalue weighted by Gasteiger charge is 2.39. The first-order valence-electron chi connectivity index (χ1n) is 6.65. The SMILES string of the molecule is CCC1CC1n1c(CCCl)nc2ccc(C)nc21. The lowest BCUT2D eigenvalue weighted by Gasteiger charge is -2.07. The summed E-state index contributed by atoms with van der Waals surface area (Å²) in [5, 5.41) is 0. The van der Waals surface area contributed by atoms with E-state index in [1.807, 2.05) is 13.0 Å². The molecule has 1 aliphatic carbocycles. The number of pyridine rings is 1. The lowest BCUT2D eigenvalue weighted by molar-refractivity contribution is 0.624. The summed E-state index contributed by atoms with van der Waals surface area (Å²) in [5.41, 5.74) is 3.09. The van der Waals surface area contributed by atoms with Gasteiger partial charge in [0.2, 0.25) is 0 Å². The summed E-state index contributed by atoms with van der Waals surface area (Å²) in [6.45, 7) is 4.28. The zero-order valence-corrected chi connectivity index (χ0v) is 11.6. The summed E-state index contributed by atoms with van der Waals surface area (Å²) in [4.78, 5) is 9.36. The molecule has 3 rings (SSSR count). The topological polar surface area (TPSA) is 30.7 Å². The van der Waals surface area contributed by atoms with Crippen molar-refractivity contribution < 1.29 is 0 Å². The largest absolute Gasteiger partial charge is 0.309 e. The van der Waals surface area contributed by atoms with Crippen molar-refractivity contribution in [2.75, 3.05) is 5.88 Å². The van der Waals surface area contributed by atoms with Crippen molar-refractivity contribution in [2.45, 2.75) is 39.2 Å². The summed E-state index contributed by atoms with van der Waals surface area (Å²) >= 11 is 5.89. The molecular formula is C14H18ClN3. The van der Waals surface area contributed by atoms with Crippen LogP contribution in [-0.2, 0) is 6.42 Å². The quantitative estimate of drug-likeness (QED) is 0.791. The second kappa shape index (κ2) is 4.54. The van der Waals surface area contributed by atoms with Gasteiger partial charge in [-0.2, -0.15) is 0 Å². The van der Waals surface area contributed by atoms with Gasteiger partial charge in [0.1, 0.15) is 11.3 Å². The van der Waals surface area contributed by atoms with E-state index < -0.39 is 0 Å². The molecule has 96 valence electrons.